The van der Waals surface area contributed by atoms with Gasteiger partial charge in [0.25, 0.3) is 0 Å². The lowest BCUT2D eigenvalue weighted by Gasteiger charge is -2.25. The Balaban J connectivity index is 4.06. The molecule has 0 unspecified atom stereocenters. The van der Waals surface area contributed by atoms with Crippen LogP contribution in [0.3, 0.4) is 0 Å². The van der Waals surface area contributed by atoms with Crippen LogP contribution in [-0.4, -0.2) is 69.1 Å². The molecule has 0 aromatic rings. The van der Waals surface area contributed by atoms with Crippen LogP contribution in [0, 0.1) is 0 Å². The number of rotatable bonds is 6. The van der Waals surface area contributed by atoms with Gasteiger partial charge in [-0.2, -0.15) is 0 Å². The maximum atomic E-state index is 10.5. The first-order valence-electron chi connectivity index (χ1n) is 4.92. The second-order valence-corrected chi connectivity index (χ2v) is 2.98. The van der Waals surface area contributed by atoms with Crippen LogP contribution >= 0.6 is 0 Å². The summed E-state index contributed by atoms with van der Waals surface area (Å²) in [5.74, 6) is -0.886. The first-order chi connectivity index (χ1) is 7.43. The maximum Gasteiger partial charge on any atom is 0.302 e. The fraction of sp³-hybridized carbons (Fsp3) is 0.875. The number of hydrogen-bond acceptors (Lipinski definition) is 7. The van der Waals surface area contributed by atoms with E-state index in [2.05, 4.69) is 4.74 Å². The molecule has 0 heterocycles. The third-order valence-electron chi connectivity index (χ3n) is 1.74. The Morgan fingerprint density at radius 3 is 2.27 bits per heavy atom. The van der Waals surface area contributed by atoms with Gasteiger partial charge in [0.15, 0.2) is 0 Å². The summed E-state index contributed by atoms with van der Waals surface area (Å²) < 4.78 is 10.9. The molecule has 0 aliphatic rings. The van der Waals surface area contributed by atoms with Gasteiger partial charge in [-0.3, -0.25) is 4.79 Å². The molecule has 0 fully saturated rings. The van der Waals surface area contributed by atoms with Crippen molar-refractivity contribution >= 4 is 5.97 Å². The molecule has 0 aromatic heterocycles. The number of hydrogen-bond donors (Lipinski definition) is 5. The van der Waals surface area contributed by atoms with Crippen molar-refractivity contribution in [2.75, 3.05) is 13.2 Å². The van der Waals surface area contributed by atoms with Crippen LogP contribution in [0.15, 0.2) is 0 Å². The van der Waals surface area contributed by atoms with Gasteiger partial charge in [0.05, 0.1) is 6.61 Å². The summed E-state index contributed by atoms with van der Waals surface area (Å²) in [4.78, 5) is 10.5. The average Bonchev–Trinajstić information content (AvgIpc) is 2.32. The van der Waals surface area contributed by atoms with Crippen molar-refractivity contribution in [3.8, 4) is 0 Å². The molecule has 0 rings (SSSR count). The Bertz CT molecular complexity index is 213. The third-order valence-corrected chi connectivity index (χ3v) is 1.74. The topological polar surface area (TPSA) is 127 Å². The Morgan fingerprint density at radius 2 is 1.80 bits per heavy atom. The molecule has 15 heavy (non-hydrogen) atoms. The number of aliphatic hydroxyl groups is 5. The number of aliphatic hydroxyl groups excluding tert-OH is 5. The van der Waals surface area contributed by atoms with Gasteiger partial charge in [-0.25, -0.2) is 0 Å². The first-order valence-corrected chi connectivity index (χ1v) is 4.22. The molecule has 0 amide bonds. The lowest BCUT2D eigenvalue weighted by Crippen LogP contribution is -2.47. The normalized spacial score (nSPS) is 19.9. The molecule has 7 heteroatoms. The number of esters is 1. The Morgan fingerprint density at radius 1 is 1.27 bits per heavy atom. The average molecular weight is 225 g/mol. The smallest absolute Gasteiger partial charge is 0.302 e. The molecule has 0 saturated carbocycles. The summed E-state index contributed by atoms with van der Waals surface area (Å²) in [5.41, 5.74) is 0. The zero-order valence-corrected chi connectivity index (χ0v) is 7.98. The summed E-state index contributed by atoms with van der Waals surface area (Å²) in [6, 6.07) is 0. The van der Waals surface area contributed by atoms with E-state index in [9.17, 15) is 20.1 Å². The third kappa shape index (κ3) is 5.05. The van der Waals surface area contributed by atoms with Gasteiger partial charge >= 0.3 is 5.97 Å². The maximum absolute atomic E-state index is 10.5. The van der Waals surface area contributed by atoms with Crippen LogP contribution in [0.1, 0.15) is 8.27 Å². The van der Waals surface area contributed by atoms with Gasteiger partial charge in [-0.1, -0.05) is 0 Å². The summed E-state index contributed by atoms with van der Waals surface area (Å²) in [7, 11) is 0. The highest BCUT2D eigenvalue weighted by atomic mass is 16.5. The Labute approximate surface area is 87.9 Å². The van der Waals surface area contributed by atoms with Crippen molar-refractivity contribution in [1.29, 1.82) is 0 Å². The molecule has 7 nitrogen and oxygen atoms in total. The van der Waals surface area contributed by atoms with Gasteiger partial charge in [0.2, 0.25) is 0 Å². The van der Waals surface area contributed by atoms with Gasteiger partial charge in [-0.15, -0.1) is 0 Å². The van der Waals surface area contributed by atoms with Crippen LogP contribution < -0.4 is 0 Å². The van der Waals surface area contributed by atoms with Crippen LogP contribution in [0.2, 0.25) is 0 Å². The van der Waals surface area contributed by atoms with E-state index in [0.29, 0.717) is 0 Å². The highest BCUT2D eigenvalue weighted by Crippen LogP contribution is 2.05. The standard InChI is InChI=1S/C8H16O7/c1-4(10)15-3-6(12)8(14)7(13)5(11)2-9/h5-9,11-14H,2-3H2,1H3/t5-,6+,7-,8-/m1/s1/i1D. The SMILES string of the molecule is [2H]CC(=O)OC[C@H](O)[C@@H](O)[C@H](O)[C@H](O)CO. The van der Waals surface area contributed by atoms with Crippen molar-refractivity contribution in [2.24, 2.45) is 0 Å². The quantitative estimate of drug-likeness (QED) is 0.304. The van der Waals surface area contributed by atoms with Gasteiger partial charge < -0.3 is 30.3 Å². The van der Waals surface area contributed by atoms with Crippen LogP contribution in [-0.2, 0) is 9.53 Å². The molecule has 0 radical (unpaired) electrons. The Hall–Kier alpha value is -0.730. The monoisotopic (exact) mass is 225 g/mol. The highest BCUT2D eigenvalue weighted by molar-refractivity contribution is 5.65. The zero-order chi connectivity index (χ0) is 12.7. The van der Waals surface area contributed by atoms with Crippen molar-refractivity contribution in [2.45, 2.75) is 31.3 Å². The van der Waals surface area contributed by atoms with Crippen molar-refractivity contribution in [3.63, 3.8) is 0 Å². The van der Waals surface area contributed by atoms with E-state index in [1.807, 2.05) is 0 Å². The molecule has 0 aromatic carbocycles. The summed E-state index contributed by atoms with van der Waals surface area (Å²) in [6.07, 6.45) is -6.72. The second-order valence-electron chi connectivity index (χ2n) is 2.98. The molecular formula is C8H16O7. The van der Waals surface area contributed by atoms with Crippen molar-refractivity contribution in [1.82, 2.24) is 0 Å². The van der Waals surface area contributed by atoms with E-state index in [4.69, 9.17) is 11.6 Å². The molecular weight excluding hydrogens is 208 g/mol. The number of ether oxygens (including phenoxy) is 1. The molecule has 0 spiro atoms. The van der Waals surface area contributed by atoms with E-state index >= 15 is 0 Å². The lowest BCUT2D eigenvalue weighted by molar-refractivity contribution is -0.154. The van der Waals surface area contributed by atoms with Gasteiger partial charge in [0, 0.05) is 8.27 Å². The predicted molar refractivity (Wildman–Crippen MR) is 47.7 cm³/mol. The van der Waals surface area contributed by atoms with Crippen molar-refractivity contribution < 1.29 is 36.4 Å². The van der Waals surface area contributed by atoms with E-state index in [1.165, 1.54) is 0 Å². The largest absolute Gasteiger partial charge is 0.463 e. The van der Waals surface area contributed by atoms with E-state index in [0.717, 1.165) is 0 Å². The van der Waals surface area contributed by atoms with E-state index in [1.54, 1.807) is 0 Å². The van der Waals surface area contributed by atoms with Crippen molar-refractivity contribution in [3.05, 3.63) is 0 Å². The zero-order valence-electron chi connectivity index (χ0n) is 8.98. The molecule has 0 saturated heterocycles. The van der Waals surface area contributed by atoms with Crippen LogP contribution in [0.5, 0.6) is 0 Å². The molecule has 0 bridgehead atoms. The van der Waals surface area contributed by atoms with Crippen LogP contribution in [0.25, 0.3) is 0 Å². The molecule has 0 aliphatic heterocycles. The van der Waals surface area contributed by atoms with Gasteiger partial charge in [-0.05, 0) is 0 Å². The number of carbonyl (C=O) groups excluding carboxylic acids is 1. The van der Waals surface area contributed by atoms with E-state index in [-0.39, 0.29) is 0 Å². The minimum Gasteiger partial charge on any atom is -0.463 e. The Kier molecular flexibility index (Phi) is 5.51. The summed E-state index contributed by atoms with van der Waals surface area (Å²) in [5, 5.41) is 45.1. The molecule has 5 N–H and O–H groups in total. The summed E-state index contributed by atoms with van der Waals surface area (Å²) in [6.45, 7) is -2.00. The second kappa shape index (κ2) is 6.70. The fourth-order valence-corrected chi connectivity index (χ4v) is 0.840. The van der Waals surface area contributed by atoms with Crippen LogP contribution in [0.4, 0.5) is 0 Å². The molecule has 4 atom stereocenters. The fourth-order valence-electron chi connectivity index (χ4n) is 0.840. The lowest BCUT2D eigenvalue weighted by atomic mass is 10.0. The number of carbonyl (C=O) groups is 1. The highest BCUT2D eigenvalue weighted by Gasteiger charge is 2.30. The minimum atomic E-state index is -1.76. The minimum absolute atomic E-state index is 0.603. The van der Waals surface area contributed by atoms with Gasteiger partial charge in [0.1, 0.15) is 31.0 Å². The predicted octanol–water partition coefficient (Wildman–Crippen LogP) is -3.01. The first kappa shape index (κ1) is 12.3. The molecule has 90 valence electrons. The molecule has 0 aliphatic carbocycles. The van der Waals surface area contributed by atoms with E-state index < -0.39 is 50.5 Å². The summed E-state index contributed by atoms with van der Waals surface area (Å²) >= 11 is 0.